The second-order valence-electron chi connectivity index (χ2n) is 6.26. The summed E-state index contributed by atoms with van der Waals surface area (Å²) >= 11 is 0. The number of nitrogens with zero attached hydrogens (tertiary/aromatic N) is 3. The van der Waals surface area contributed by atoms with Crippen LogP contribution in [0, 0.1) is 0 Å². The molecule has 2 aromatic heterocycles. The minimum Gasteiger partial charge on any atom is -0.492 e. The number of para-hydroxylation sites is 1. The van der Waals surface area contributed by atoms with E-state index in [0.29, 0.717) is 23.6 Å². The Hall–Kier alpha value is -2.66. The van der Waals surface area contributed by atoms with Crippen molar-refractivity contribution in [2.24, 2.45) is 0 Å². The molecule has 24 heavy (non-hydrogen) atoms. The maximum atomic E-state index is 12.8. The summed E-state index contributed by atoms with van der Waals surface area (Å²) in [6.45, 7) is 1.51. The van der Waals surface area contributed by atoms with Crippen LogP contribution >= 0.6 is 0 Å². The number of hydrogen-bond acceptors (Lipinski definition) is 4. The number of carbonyl (C=O) groups excluding carboxylic acids is 1. The summed E-state index contributed by atoms with van der Waals surface area (Å²) in [5.74, 6) is 0.592. The Morgan fingerprint density at radius 2 is 2.00 bits per heavy atom. The highest BCUT2D eigenvalue weighted by Gasteiger charge is 2.32. The van der Waals surface area contributed by atoms with Crippen LogP contribution in [0.3, 0.4) is 0 Å². The number of aromatic nitrogens is 2. The number of fused-ring (bicyclic) bond motifs is 4. The Morgan fingerprint density at radius 3 is 2.83 bits per heavy atom. The van der Waals surface area contributed by atoms with Crippen LogP contribution in [-0.4, -0.2) is 47.6 Å². The lowest BCUT2D eigenvalue weighted by Gasteiger charge is -2.14. The number of pyridine rings is 1. The van der Waals surface area contributed by atoms with Crippen molar-refractivity contribution in [3.8, 4) is 17.1 Å². The monoisotopic (exact) mass is 321 g/mol. The highest BCUT2D eigenvalue weighted by molar-refractivity contribution is 6.13. The first-order valence-electron chi connectivity index (χ1n) is 8.09. The van der Waals surface area contributed by atoms with Crippen LogP contribution in [0.25, 0.3) is 22.3 Å². The normalized spacial score (nSPS) is 12.7. The van der Waals surface area contributed by atoms with Crippen LogP contribution in [0.4, 0.5) is 0 Å². The van der Waals surface area contributed by atoms with Gasteiger partial charge in [0, 0.05) is 18.1 Å². The molecule has 3 heterocycles. The number of rotatable bonds is 5. The zero-order chi connectivity index (χ0) is 16.7. The van der Waals surface area contributed by atoms with E-state index in [-0.39, 0.29) is 5.91 Å². The Morgan fingerprint density at radius 1 is 1.17 bits per heavy atom. The molecule has 5 nitrogen and oxygen atoms in total. The van der Waals surface area contributed by atoms with Crippen LogP contribution in [0.2, 0.25) is 0 Å². The Balaban J connectivity index is 1.80. The molecule has 0 saturated carbocycles. The molecule has 0 spiro atoms. The molecule has 0 N–H and O–H groups in total. The first kappa shape index (κ1) is 14.9. The third-order valence-electron chi connectivity index (χ3n) is 4.26. The molecule has 0 amide bonds. The van der Waals surface area contributed by atoms with E-state index in [0.717, 1.165) is 29.6 Å². The van der Waals surface area contributed by atoms with Gasteiger partial charge in [0.25, 0.3) is 5.91 Å². The fourth-order valence-electron chi connectivity index (χ4n) is 3.14. The minimum absolute atomic E-state index is 0.0640. The van der Waals surface area contributed by atoms with Gasteiger partial charge in [-0.15, -0.1) is 0 Å². The van der Waals surface area contributed by atoms with Gasteiger partial charge in [-0.3, -0.25) is 9.36 Å². The standard InChI is InChI=1S/C19H19N3O2/c1-21(2)10-6-12-24-18-13-7-3-4-8-14(13)20-17-15-9-5-11-22(15)19(23)16(17)18/h3-5,7-9,11H,6,10,12H2,1-2H3. The van der Waals surface area contributed by atoms with E-state index in [1.807, 2.05) is 50.5 Å². The lowest BCUT2D eigenvalue weighted by atomic mass is 10.1. The predicted molar refractivity (Wildman–Crippen MR) is 93.6 cm³/mol. The fraction of sp³-hybridized carbons (Fsp3) is 0.263. The average Bonchev–Trinajstić information content (AvgIpc) is 3.14. The fourth-order valence-corrected chi connectivity index (χ4v) is 3.14. The van der Waals surface area contributed by atoms with Crippen LogP contribution in [0.15, 0.2) is 42.6 Å². The molecule has 0 atom stereocenters. The lowest BCUT2D eigenvalue weighted by molar-refractivity contribution is 0.0965. The van der Waals surface area contributed by atoms with Crippen molar-refractivity contribution in [3.05, 3.63) is 48.2 Å². The Kier molecular flexibility index (Phi) is 3.58. The molecular formula is C19H19N3O2. The van der Waals surface area contributed by atoms with Gasteiger partial charge in [0.2, 0.25) is 0 Å². The predicted octanol–water partition coefficient (Wildman–Crippen LogP) is 3.04. The van der Waals surface area contributed by atoms with E-state index in [1.54, 1.807) is 10.8 Å². The van der Waals surface area contributed by atoms with E-state index < -0.39 is 0 Å². The molecule has 3 aromatic rings. The molecule has 5 heteroatoms. The molecule has 0 bridgehead atoms. The first-order chi connectivity index (χ1) is 11.7. The molecule has 1 aliphatic heterocycles. The highest BCUT2D eigenvalue weighted by atomic mass is 16.5. The van der Waals surface area contributed by atoms with Crippen LogP contribution in [0.5, 0.6) is 5.75 Å². The van der Waals surface area contributed by atoms with Crippen LogP contribution in [-0.2, 0) is 0 Å². The minimum atomic E-state index is -0.0640. The molecule has 4 rings (SSSR count). The zero-order valence-corrected chi connectivity index (χ0v) is 13.8. The average molecular weight is 321 g/mol. The van der Waals surface area contributed by atoms with Gasteiger partial charge in [0.15, 0.2) is 0 Å². The smallest absolute Gasteiger partial charge is 0.268 e. The molecular weight excluding hydrogens is 302 g/mol. The number of hydrogen-bond donors (Lipinski definition) is 0. The molecule has 1 aromatic carbocycles. The van der Waals surface area contributed by atoms with Gasteiger partial charge >= 0.3 is 0 Å². The summed E-state index contributed by atoms with van der Waals surface area (Å²) in [6, 6.07) is 11.6. The van der Waals surface area contributed by atoms with Gasteiger partial charge in [0.05, 0.1) is 17.8 Å². The second kappa shape index (κ2) is 5.76. The van der Waals surface area contributed by atoms with Crippen molar-refractivity contribution in [1.82, 2.24) is 14.5 Å². The summed E-state index contributed by atoms with van der Waals surface area (Å²) in [4.78, 5) is 19.6. The first-order valence-corrected chi connectivity index (χ1v) is 8.09. The molecule has 1 aliphatic rings. The van der Waals surface area contributed by atoms with Gasteiger partial charge < -0.3 is 9.64 Å². The van der Waals surface area contributed by atoms with Gasteiger partial charge in [0.1, 0.15) is 17.0 Å². The lowest BCUT2D eigenvalue weighted by Crippen LogP contribution is -2.16. The quantitative estimate of drug-likeness (QED) is 0.530. The summed E-state index contributed by atoms with van der Waals surface area (Å²) in [7, 11) is 4.08. The molecule has 0 saturated heterocycles. The molecule has 0 aliphatic carbocycles. The van der Waals surface area contributed by atoms with Crippen molar-refractivity contribution < 1.29 is 9.53 Å². The maximum absolute atomic E-state index is 12.8. The van der Waals surface area contributed by atoms with Crippen LogP contribution < -0.4 is 4.74 Å². The zero-order valence-electron chi connectivity index (χ0n) is 13.8. The maximum Gasteiger partial charge on any atom is 0.268 e. The number of ether oxygens (including phenoxy) is 1. The summed E-state index contributed by atoms with van der Waals surface area (Å²) in [5.41, 5.74) is 2.97. The van der Waals surface area contributed by atoms with Gasteiger partial charge in [-0.1, -0.05) is 12.1 Å². The van der Waals surface area contributed by atoms with Crippen molar-refractivity contribution in [3.63, 3.8) is 0 Å². The number of carbonyl (C=O) groups is 1. The molecule has 122 valence electrons. The third-order valence-corrected chi connectivity index (χ3v) is 4.26. The topological polar surface area (TPSA) is 47.4 Å². The van der Waals surface area contributed by atoms with Crippen molar-refractivity contribution in [2.75, 3.05) is 27.2 Å². The Labute approximate surface area is 140 Å². The highest BCUT2D eigenvalue weighted by Crippen LogP contribution is 2.40. The van der Waals surface area contributed by atoms with E-state index in [9.17, 15) is 4.79 Å². The molecule has 0 unspecified atom stereocenters. The van der Waals surface area contributed by atoms with Gasteiger partial charge in [-0.2, -0.15) is 0 Å². The summed E-state index contributed by atoms with van der Waals surface area (Å²) in [5, 5.41) is 0.889. The van der Waals surface area contributed by atoms with Crippen molar-refractivity contribution in [2.45, 2.75) is 6.42 Å². The van der Waals surface area contributed by atoms with E-state index >= 15 is 0 Å². The van der Waals surface area contributed by atoms with Crippen molar-refractivity contribution in [1.29, 1.82) is 0 Å². The molecule has 0 radical (unpaired) electrons. The van der Waals surface area contributed by atoms with Crippen LogP contribution in [0.1, 0.15) is 16.8 Å². The molecule has 0 fully saturated rings. The summed E-state index contributed by atoms with van der Waals surface area (Å²) < 4.78 is 7.72. The number of benzene rings is 1. The van der Waals surface area contributed by atoms with Gasteiger partial charge in [-0.25, -0.2) is 4.98 Å². The summed E-state index contributed by atoms with van der Waals surface area (Å²) in [6.07, 6.45) is 2.68. The van der Waals surface area contributed by atoms with E-state index in [2.05, 4.69) is 4.90 Å². The van der Waals surface area contributed by atoms with Crippen molar-refractivity contribution >= 4 is 16.8 Å². The second-order valence-corrected chi connectivity index (χ2v) is 6.26. The largest absolute Gasteiger partial charge is 0.492 e. The SMILES string of the molecule is CN(C)CCCOc1c2c(nc3ccccc13)-c1cccn1C2=O. The van der Waals surface area contributed by atoms with Gasteiger partial charge in [-0.05, 0) is 44.8 Å². The third kappa shape index (κ3) is 2.29. The Bertz CT molecular complexity index is 928. The van der Waals surface area contributed by atoms with E-state index in [4.69, 9.17) is 9.72 Å². The van der Waals surface area contributed by atoms with E-state index in [1.165, 1.54) is 0 Å².